The molecule has 1 aliphatic heterocycles. The van der Waals surface area contributed by atoms with E-state index in [4.69, 9.17) is 0 Å². The monoisotopic (exact) mass is 332 g/mol. The summed E-state index contributed by atoms with van der Waals surface area (Å²) in [6, 6.07) is 1.02. The molecule has 2 heterocycles. The lowest BCUT2D eigenvalue weighted by atomic mass is 9.96. The Labute approximate surface area is 146 Å². The lowest BCUT2D eigenvalue weighted by Gasteiger charge is -2.35. The Kier molecular flexibility index (Phi) is 5.59. The highest BCUT2D eigenvalue weighted by molar-refractivity contribution is 5.78. The third-order valence-corrected chi connectivity index (χ3v) is 5.73. The number of carbonyl (C=O) groups is 1. The van der Waals surface area contributed by atoms with Gasteiger partial charge in [0.25, 0.3) is 0 Å². The summed E-state index contributed by atoms with van der Waals surface area (Å²) in [5.74, 6) is 1.81. The molecular formula is C19H32N4O. The van der Waals surface area contributed by atoms with E-state index in [0.717, 1.165) is 31.8 Å². The molecular weight excluding hydrogens is 300 g/mol. The van der Waals surface area contributed by atoms with E-state index >= 15 is 0 Å². The van der Waals surface area contributed by atoms with Crippen LogP contribution in [0.3, 0.4) is 0 Å². The first-order valence-electron chi connectivity index (χ1n) is 9.57. The molecule has 0 radical (unpaired) electrons. The zero-order valence-electron chi connectivity index (χ0n) is 15.4. The summed E-state index contributed by atoms with van der Waals surface area (Å²) in [6.45, 7) is 6.66. The molecule has 1 aromatic heterocycles. The van der Waals surface area contributed by atoms with Crippen LogP contribution in [0.25, 0.3) is 0 Å². The predicted octanol–water partition coefficient (Wildman–Crippen LogP) is 3.04. The minimum Gasteiger partial charge on any atom is -0.341 e. The number of piperidine rings is 1. The first-order valence-corrected chi connectivity index (χ1v) is 9.57. The summed E-state index contributed by atoms with van der Waals surface area (Å²) < 4.78 is 2.25. The Morgan fingerprint density at radius 3 is 2.75 bits per heavy atom. The van der Waals surface area contributed by atoms with Crippen LogP contribution in [-0.2, 0) is 4.79 Å². The van der Waals surface area contributed by atoms with Gasteiger partial charge in [-0.05, 0) is 46.6 Å². The SMILES string of the molecule is CC(C)n1ccnc1C1CCCN(C(=O)CN(C)C2CCCC2)C1. The summed E-state index contributed by atoms with van der Waals surface area (Å²) in [6.07, 6.45) is 11.3. The van der Waals surface area contributed by atoms with Gasteiger partial charge in [0, 0.05) is 43.5 Å². The van der Waals surface area contributed by atoms with Crippen molar-refractivity contribution in [1.82, 2.24) is 19.4 Å². The number of hydrogen-bond donors (Lipinski definition) is 0. The van der Waals surface area contributed by atoms with Crippen LogP contribution in [0, 0.1) is 0 Å². The second kappa shape index (κ2) is 7.68. The number of amides is 1. The minimum absolute atomic E-state index is 0.289. The topological polar surface area (TPSA) is 41.4 Å². The van der Waals surface area contributed by atoms with Crippen LogP contribution in [0.15, 0.2) is 12.4 Å². The van der Waals surface area contributed by atoms with Crippen molar-refractivity contribution in [3.8, 4) is 0 Å². The van der Waals surface area contributed by atoms with Crippen LogP contribution in [-0.4, -0.2) is 58.0 Å². The van der Waals surface area contributed by atoms with Crippen LogP contribution in [0.5, 0.6) is 0 Å². The zero-order chi connectivity index (χ0) is 17.1. The van der Waals surface area contributed by atoms with E-state index in [1.165, 1.54) is 25.7 Å². The van der Waals surface area contributed by atoms with E-state index in [-0.39, 0.29) is 5.91 Å². The fraction of sp³-hybridized carbons (Fsp3) is 0.789. The second-order valence-electron chi connectivity index (χ2n) is 7.82. The van der Waals surface area contributed by atoms with Gasteiger partial charge in [0.2, 0.25) is 5.91 Å². The predicted molar refractivity (Wildman–Crippen MR) is 96.1 cm³/mol. The van der Waals surface area contributed by atoms with Crippen LogP contribution in [0.1, 0.15) is 70.2 Å². The molecule has 0 aromatic carbocycles. The number of hydrogen-bond acceptors (Lipinski definition) is 3. The Bertz CT molecular complexity index is 547. The van der Waals surface area contributed by atoms with Gasteiger partial charge in [-0.3, -0.25) is 9.69 Å². The molecule has 1 saturated carbocycles. The van der Waals surface area contributed by atoms with Crippen molar-refractivity contribution in [1.29, 1.82) is 0 Å². The van der Waals surface area contributed by atoms with Crippen LogP contribution < -0.4 is 0 Å². The molecule has 134 valence electrons. The van der Waals surface area contributed by atoms with Crippen molar-refractivity contribution < 1.29 is 4.79 Å². The lowest BCUT2D eigenvalue weighted by Crippen LogP contribution is -2.46. The molecule has 24 heavy (non-hydrogen) atoms. The number of likely N-dealkylation sites (N-methyl/N-ethyl adjacent to an activating group) is 1. The maximum atomic E-state index is 12.8. The molecule has 1 amide bonds. The molecule has 0 spiro atoms. The van der Waals surface area contributed by atoms with Gasteiger partial charge in [0.05, 0.1) is 6.54 Å². The lowest BCUT2D eigenvalue weighted by molar-refractivity contribution is -0.133. The summed E-state index contributed by atoms with van der Waals surface area (Å²) in [5, 5.41) is 0. The maximum Gasteiger partial charge on any atom is 0.236 e. The fourth-order valence-electron chi connectivity index (χ4n) is 4.28. The number of carbonyl (C=O) groups excluding carboxylic acids is 1. The first-order chi connectivity index (χ1) is 11.6. The van der Waals surface area contributed by atoms with E-state index in [2.05, 4.69) is 46.4 Å². The van der Waals surface area contributed by atoms with Crippen molar-refractivity contribution >= 4 is 5.91 Å². The van der Waals surface area contributed by atoms with Gasteiger partial charge in [0.15, 0.2) is 0 Å². The molecule has 2 aliphatic rings. The van der Waals surface area contributed by atoms with E-state index in [9.17, 15) is 4.79 Å². The fourth-order valence-corrected chi connectivity index (χ4v) is 4.28. The summed E-state index contributed by atoms with van der Waals surface area (Å²) >= 11 is 0. The minimum atomic E-state index is 0.289. The average Bonchev–Trinajstić information content (AvgIpc) is 3.26. The third kappa shape index (κ3) is 3.82. The third-order valence-electron chi connectivity index (χ3n) is 5.73. The highest BCUT2D eigenvalue weighted by Gasteiger charge is 2.29. The van der Waals surface area contributed by atoms with Crippen molar-refractivity contribution in [3.05, 3.63) is 18.2 Å². The summed E-state index contributed by atoms with van der Waals surface area (Å²) in [7, 11) is 2.11. The van der Waals surface area contributed by atoms with Crippen molar-refractivity contribution in [2.45, 2.75) is 70.4 Å². The van der Waals surface area contributed by atoms with Gasteiger partial charge < -0.3 is 9.47 Å². The second-order valence-corrected chi connectivity index (χ2v) is 7.82. The number of imidazole rings is 1. The van der Waals surface area contributed by atoms with E-state index < -0.39 is 0 Å². The average molecular weight is 332 g/mol. The molecule has 1 atom stereocenters. The van der Waals surface area contributed by atoms with Gasteiger partial charge in [-0.1, -0.05) is 12.8 Å². The standard InChI is InChI=1S/C19H32N4O/c1-15(2)23-12-10-20-19(23)16-7-6-11-22(13-16)18(24)14-21(3)17-8-4-5-9-17/h10,12,15-17H,4-9,11,13-14H2,1-3H3. The van der Waals surface area contributed by atoms with E-state index in [1.807, 2.05) is 6.20 Å². The summed E-state index contributed by atoms with van der Waals surface area (Å²) in [4.78, 5) is 21.7. The van der Waals surface area contributed by atoms with Gasteiger partial charge in [-0.2, -0.15) is 0 Å². The quantitative estimate of drug-likeness (QED) is 0.832. The molecule has 0 bridgehead atoms. The zero-order valence-corrected chi connectivity index (χ0v) is 15.4. The molecule has 1 saturated heterocycles. The molecule has 5 heteroatoms. The van der Waals surface area contributed by atoms with Gasteiger partial charge in [0.1, 0.15) is 5.82 Å². The summed E-state index contributed by atoms with van der Waals surface area (Å²) in [5.41, 5.74) is 0. The number of rotatable bonds is 5. The normalized spacial score (nSPS) is 22.7. The Balaban J connectivity index is 1.60. The largest absolute Gasteiger partial charge is 0.341 e. The molecule has 3 rings (SSSR count). The van der Waals surface area contributed by atoms with E-state index in [0.29, 0.717) is 24.5 Å². The number of nitrogens with zero attached hydrogens (tertiary/aromatic N) is 4. The smallest absolute Gasteiger partial charge is 0.236 e. The van der Waals surface area contributed by atoms with Crippen LogP contribution in [0.2, 0.25) is 0 Å². The number of aromatic nitrogens is 2. The van der Waals surface area contributed by atoms with Gasteiger partial charge in [-0.25, -0.2) is 4.98 Å². The maximum absolute atomic E-state index is 12.8. The van der Waals surface area contributed by atoms with E-state index in [1.54, 1.807) is 0 Å². The van der Waals surface area contributed by atoms with Crippen molar-refractivity contribution in [3.63, 3.8) is 0 Å². The molecule has 5 nitrogen and oxygen atoms in total. The van der Waals surface area contributed by atoms with Crippen LogP contribution in [0.4, 0.5) is 0 Å². The highest BCUT2D eigenvalue weighted by atomic mass is 16.2. The van der Waals surface area contributed by atoms with Gasteiger partial charge in [-0.15, -0.1) is 0 Å². The molecule has 1 aliphatic carbocycles. The Morgan fingerprint density at radius 1 is 1.29 bits per heavy atom. The molecule has 0 N–H and O–H groups in total. The van der Waals surface area contributed by atoms with Crippen molar-refractivity contribution in [2.75, 3.05) is 26.7 Å². The van der Waals surface area contributed by atoms with Gasteiger partial charge >= 0.3 is 0 Å². The van der Waals surface area contributed by atoms with Crippen LogP contribution >= 0.6 is 0 Å². The molecule has 2 fully saturated rings. The molecule has 1 unspecified atom stereocenters. The highest BCUT2D eigenvalue weighted by Crippen LogP contribution is 2.28. The first kappa shape index (κ1) is 17.5. The van der Waals surface area contributed by atoms with Crippen molar-refractivity contribution in [2.24, 2.45) is 0 Å². The Hall–Kier alpha value is -1.36. The Morgan fingerprint density at radius 2 is 2.04 bits per heavy atom. The number of likely N-dealkylation sites (tertiary alicyclic amines) is 1. The molecule has 1 aromatic rings.